The van der Waals surface area contributed by atoms with Gasteiger partial charge in [-0.05, 0) is 50.1 Å². The molecule has 4 heteroatoms. The largest absolute Gasteiger partial charge is 0.461 e. The summed E-state index contributed by atoms with van der Waals surface area (Å²) in [7, 11) is 0. The van der Waals surface area contributed by atoms with Crippen LogP contribution in [0.3, 0.4) is 0 Å². The summed E-state index contributed by atoms with van der Waals surface area (Å²) in [6.45, 7) is 6.30. The Morgan fingerprint density at radius 2 is 1.76 bits per heavy atom. The van der Waals surface area contributed by atoms with Crippen LogP contribution in [0.1, 0.15) is 28.1 Å². The van der Waals surface area contributed by atoms with E-state index < -0.39 is 0 Å². The quantitative estimate of drug-likeness (QED) is 0.660. The molecule has 0 radical (unpaired) electrons. The molecule has 1 aromatic heterocycles. The van der Waals surface area contributed by atoms with Crippen molar-refractivity contribution >= 4 is 5.97 Å². The van der Waals surface area contributed by atoms with E-state index in [-0.39, 0.29) is 12.6 Å². The van der Waals surface area contributed by atoms with Crippen molar-refractivity contribution < 1.29 is 9.53 Å². The van der Waals surface area contributed by atoms with E-state index in [0.717, 1.165) is 33.8 Å². The highest BCUT2D eigenvalue weighted by atomic mass is 16.5. The van der Waals surface area contributed by atoms with E-state index in [1.54, 1.807) is 0 Å². The van der Waals surface area contributed by atoms with Gasteiger partial charge in [-0.1, -0.05) is 42.0 Å². The van der Waals surface area contributed by atoms with E-state index in [4.69, 9.17) is 4.74 Å². The second-order valence-corrected chi connectivity index (χ2v) is 6.33. The fourth-order valence-corrected chi connectivity index (χ4v) is 2.83. The van der Waals surface area contributed by atoms with Crippen LogP contribution in [0.15, 0.2) is 54.6 Å². The molecule has 3 aromatic rings. The molecule has 0 atom stereocenters. The van der Waals surface area contributed by atoms with Crippen LogP contribution in [0.5, 0.6) is 0 Å². The summed E-state index contributed by atoms with van der Waals surface area (Å²) in [4.78, 5) is 12.0. The van der Waals surface area contributed by atoms with E-state index in [2.05, 4.69) is 5.10 Å². The molecule has 4 nitrogen and oxygen atoms in total. The molecule has 0 amide bonds. The smallest absolute Gasteiger partial charge is 0.310 e. The van der Waals surface area contributed by atoms with Crippen molar-refractivity contribution in [2.75, 3.05) is 0 Å². The summed E-state index contributed by atoms with van der Waals surface area (Å²) >= 11 is 0. The van der Waals surface area contributed by atoms with Crippen LogP contribution in [0, 0.1) is 20.8 Å². The summed E-state index contributed by atoms with van der Waals surface area (Å²) < 4.78 is 7.29. The van der Waals surface area contributed by atoms with Gasteiger partial charge in [0.1, 0.15) is 6.61 Å². The lowest BCUT2D eigenvalue weighted by molar-refractivity contribution is -0.144. The van der Waals surface area contributed by atoms with E-state index in [1.807, 2.05) is 80.1 Å². The second-order valence-electron chi connectivity index (χ2n) is 6.33. The van der Waals surface area contributed by atoms with Crippen molar-refractivity contribution in [3.8, 4) is 5.69 Å². The molecule has 128 valence electrons. The number of aromatic nitrogens is 2. The lowest BCUT2D eigenvalue weighted by Gasteiger charge is -2.08. The van der Waals surface area contributed by atoms with Crippen molar-refractivity contribution in [3.63, 3.8) is 0 Å². The van der Waals surface area contributed by atoms with Crippen LogP contribution in [-0.2, 0) is 22.6 Å². The van der Waals surface area contributed by atoms with Crippen molar-refractivity contribution in [2.24, 2.45) is 0 Å². The molecular formula is C21H22N2O2. The summed E-state index contributed by atoms with van der Waals surface area (Å²) in [5.41, 5.74) is 6.17. The monoisotopic (exact) mass is 334 g/mol. The number of hydrogen-bond donors (Lipinski definition) is 0. The number of esters is 1. The highest BCUT2D eigenvalue weighted by Gasteiger charge is 2.07. The average molecular weight is 334 g/mol. The molecular weight excluding hydrogens is 312 g/mol. The number of aryl methyl sites for hydroxylation is 3. The van der Waals surface area contributed by atoms with Crippen LogP contribution in [0.25, 0.3) is 5.69 Å². The van der Waals surface area contributed by atoms with Crippen molar-refractivity contribution in [1.82, 2.24) is 9.78 Å². The summed E-state index contributed by atoms with van der Waals surface area (Å²) in [6, 6.07) is 17.9. The van der Waals surface area contributed by atoms with Crippen LogP contribution in [0.4, 0.5) is 0 Å². The third-order valence-electron chi connectivity index (χ3n) is 4.02. The maximum atomic E-state index is 12.0. The number of carbonyl (C=O) groups excluding carboxylic acids is 1. The minimum atomic E-state index is -0.215. The lowest BCUT2D eigenvalue weighted by atomic mass is 10.1. The molecule has 25 heavy (non-hydrogen) atoms. The molecule has 0 aliphatic heterocycles. The SMILES string of the molecule is Cc1cccc(CC(=O)OCc2ccc(-n3nc(C)cc3C)cc2)c1. The lowest BCUT2D eigenvalue weighted by Crippen LogP contribution is -2.08. The number of nitrogens with zero attached hydrogens (tertiary/aromatic N) is 2. The molecule has 2 aromatic carbocycles. The van der Waals surface area contributed by atoms with Gasteiger partial charge in [0.2, 0.25) is 0 Å². The molecule has 0 aliphatic carbocycles. The number of carbonyl (C=O) groups is 1. The fourth-order valence-electron chi connectivity index (χ4n) is 2.83. The molecule has 3 rings (SSSR count). The van der Waals surface area contributed by atoms with Gasteiger partial charge in [0, 0.05) is 5.69 Å². The van der Waals surface area contributed by atoms with Gasteiger partial charge in [-0.3, -0.25) is 4.79 Å². The number of benzene rings is 2. The number of hydrogen-bond acceptors (Lipinski definition) is 3. The second kappa shape index (κ2) is 7.34. The molecule has 0 saturated carbocycles. The zero-order valence-electron chi connectivity index (χ0n) is 14.8. The van der Waals surface area contributed by atoms with Gasteiger partial charge in [0.15, 0.2) is 0 Å². The minimum Gasteiger partial charge on any atom is -0.461 e. The first-order valence-electron chi connectivity index (χ1n) is 8.35. The van der Waals surface area contributed by atoms with Gasteiger partial charge < -0.3 is 4.74 Å². The van der Waals surface area contributed by atoms with E-state index in [1.165, 1.54) is 0 Å². The summed E-state index contributed by atoms with van der Waals surface area (Å²) in [6.07, 6.45) is 0.297. The van der Waals surface area contributed by atoms with Gasteiger partial charge in [-0.15, -0.1) is 0 Å². The Kier molecular flexibility index (Phi) is 4.98. The minimum absolute atomic E-state index is 0.215. The van der Waals surface area contributed by atoms with Crippen molar-refractivity contribution in [3.05, 3.63) is 82.7 Å². The normalized spacial score (nSPS) is 10.7. The Morgan fingerprint density at radius 3 is 2.40 bits per heavy atom. The molecule has 0 fully saturated rings. The first-order chi connectivity index (χ1) is 12.0. The summed E-state index contributed by atoms with van der Waals surface area (Å²) in [5, 5.41) is 4.47. The van der Waals surface area contributed by atoms with Crippen molar-refractivity contribution in [2.45, 2.75) is 33.8 Å². The van der Waals surface area contributed by atoms with E-state index >= 15 is 0 Å². The first-order valence-corrected chi connectivity index (χ1v) is 8.35. The highest BCUT2D eigenvalue weighted by molar-refractivity contribution is 5.72. The summed E-state index contributed by atoms with van der Waals surface area (Å²) in [5.74, 6) is -0.215. The maximum absolute atomic E-state index is 12.0. The first kappa shape index (κ1) is 17.0. The Hall–Kier alpha value is -2.88. The maximum Gasteiger partial charge on any atom is 0.310 e. The predicted octanol–water partition coefficient (Wildman–Crippen LogP) is 4.08. The third kappa shape index (κ3) is 4.35. The Bertz CT molecular complexity index is 879. The molecule has 0 unspecified atom stereocenters. The molecule has 0 spiro atoms. The van der Waals surface area contributed by atoms with Gasteiger partial charge in [0.05, 0.1) is 17.8 Å². The van der Waals surface area contributed by atoms with E-state index in [0.29, 0.717) is 6.42 Å². The Labute approximate surface area is 148 Å². The zero-order valence-corrected chi connectivity index (χ0v) is 14.8. The topological polar surface area (TPSA) is 44.1 Å². The molecule has 0 saturated heterocycles. The molecule has 1 heterocycles. The van der Waals surface area contributed by atoms with Crippen LogP contribution in [-0.4, -0.2) is 15.7 Å². The number of ether oxygens (including phenoxy) is 1. The average Bonchev–Trinajstić information content (AvgIpc) is 2.92. The Morgan fingerprint density at radius 1 is 1.00 bits per heavy atom. The van der Waals surface area contributed by atoms with Gasteiger partial charge in [-0.2, -0.15) is 5.10 Å². The number of rotatable bonds is 5. The molecule has 0 bridgehead atoms. The third-order valence-corrected chi connectivity index (χ3v) is 4.02. The zero-order chi connectivity index (χ0) is 17.8. The Balaban J connectivity index is 1.58. The predicted molar refractivity (Wildman–Crippen MR) is 97.7 cm³/mol. The van der Waals surface area contributed by atoms with Gasteiger partial charge >= 0.3 is 5.97 Å². The van der Waals surface area contributed by atoms with Gasteiger partial charge in [0.25, 0.3) is 0 Å². The van der Waals surface area contributed by atoms with Crippen LogP contribution < -0.4 is 0 Å². The molecule has 0 N–H and O–H groups in total. The molecule has 0 aliphatic rings. The fraction of sp³-hybridized carbons (Fsp3) is 0.238. The van der Waals surface area contributed by atoms with Crippen LogP contribution in [0.2, 0.25) is 0 Å². The van der Waals surface area contributed by atoms with Crippen LogP contribution >= 0.6 is 0 Å². The van der Waals surface area contributed by atoms with Crippen molar-refractivity contribution in [1.29, 1.82) is 0 Å². The van der Waals surface area contributed by atoms with Gasteiger partial charge in [-0.25, -0.2) is 4.68 Å². The highest BCUT2D eigenvalue weighted by Crippen LogP contribution is 2.14. The van der Waals surface area contributed by atoms with E-state index in [9.17, 15) is 4.79 Å². The standard InChI is InChI=1S/C21H22N2O2/c1-15-5-4-6-19(11-15)13-21(24)25-14-18-7-9-20(10-8-18)23-17(3)12-16(2)22-23/h4-12H,13-14H2,1-3H3.